The molecule has 0 saturated carbocycles. The summed E-state index contributed by atoms with van der Waals surface area (Å²) in [7, 11) is -3.78. The lowest BCUT2D eigenvalue weighted by molar-refractivity contribution is -0.901. The molecule has 29 heavy (non-hydrogen) atoms. The molecule has 0 aromatic heterocycles. The van der Waals surface area contributed by atoms with E-state index in [9.17, 15) is 17.6 Å². The molecule has 1 fully saturated rings. The molecule has 0 aliphatic carbocycles. The molecule has 0 atom stereocenters. The summed E-state index contributed by atoms with van der Waals surface area (Å²) in [6.07, 6.45) is 0. The number of carbonyl (C=O) groups excluding carboxylic acids is 1. The van der Waals surface area contributed by atoms with E-state index in [0.29, 0.717) is 18.8 Å². The third-order valence-corrected chi connectivity index (χ3v) is 7.50. The Bertz CT molecular complexity index is 1020. The highest BCUT2D eigenvalue weighted by molar-refractivity contribution is 7.89. The minimum absolute atomic E-state index is 0.0648. The number of hydrogen-bond acceptors (Lipinski definition) is 3. The molecular weight excluding hydrogens is 393 g/mol. The molecule has 0 bridgehead atoms. The Hall–Kier alpha value is -2.29. The third kappa shape index (κ3) is 4.49. The van der Waals surface area contributed by atoms with E-state index >= 15 is 0 Å². The first kappa shape index (κ1) is 21.4. The van der Waals surface area contributed by atoms with Crippen molar-refractivity contribution in [1.82, 2.24) is 4.31 Å². The van der Waals surface area contributed by atoms with E-state index in [1.807, 2.05) is 19.9 Å². The summed E-state index contributed by atoms with van der Waals surface area (Å²) in [5, 5.41) is 2.69. The molecule has 0 unspecified atom stereocenters. The number of sulfonamides is 1. The summed E-state index contributed by atoms with van der Waals surface area (Å²) in [4.78, 5) is 14.0. The van der Waals surface area contributed by atoms with E-state index in [0.717, 1.165) is 42.9 Å². The summed E-state index contributed by atoms with van der Waals surface area (Å²) in [6.45, 7) is 9.08. The minimum atomic E-state index is -3.78. The smallest absolute Gasteiger partial charge is 0.258 e. The van der Waals surface area contributed by atoms with Gasteiger partial charge in [0, 0.05) is 5.69 Å². The number of amides is 1. The highest BCUT2D eigenvalue weighted by Crippen LogP contribution is 2.22. The van der Waals surface area contributed by atoms with E-state index in [1.54, 1.807) is 12.1 Å². The molecule has 1 aliphatic rings. The van der Waals surface area contributed by atoms with Crippen molar-refractivity contribution >= 4 is 21.6 Å². The molecule has 2 aromatic carbocycles. The lowest BCUT2D eigenvalue weighted by Crippen LogP contribution is -3.14. The molecule has 2 N–H and O–H groups in total. The number of hydrogen-bond donors (Lipinski definition) is 2. The van der Waals surface area contributed by atoms with E-state index in [4.69, 9.17) is 0 Å². The van der Waals surface area contributed by atoms with Crippen LogP contribution in [0.15, 0.2) is 41.3 Å². The molecule has 1 heterocycles. The Morgan fingerprint density at radius 1 is 1.17 bits per heavy atom. The van der Waals surface area contributed by atoms with Crippen LogP contribution in [0.25, 0.3) is 0 Å². The van der Waals surface area contributed by atoms with Gasteiger partial charge in [-0.25, -0.2) is 12.8 Å². The number of aryl methyl sites for hydroxylation is 1. The maximum absolute atomic E-state index is 14.4. The van der Waals surface area contributed by atoms with E-state index in [1.165, 1.54) is 15.3 Å². The topological polar surface area (TPSA) is 70.9 Å². The summed E-state index contributed by atoms with van der Waals surface area (Å²) in [6, 6.07) is 8.83. The second-order valence-electron chi connectivity index (χ2n) is 7.35. The van der Waals surface area contributed by atoms with Gasteiger partial charge in [-0.05, 0) is 56.2 Å². The van der Waals surface area contributed by atoms with Crippen LogP contribution >= 0.6 is 0 Å². The van der Waals surface area contributed by atoms with E-state index < -0.39 is 21.7 Å². The van der Waals surface area contributed by atoms with Crippen molar-refractivity contribution in [2.45, 2.75) is 25.7 Å². The number of carbonyl (C=O) groups is 1. The molecule has 3 rings (SSSR count). The standard InChI is InChI=1S/C21H26FN3O3S/c1-4-24-10-12-25(13-11-24)29(27,28)17-8-9-19(22)18(14-17)21(26)23-20-7-5-6-15(2)16(20)3/h5-9,14H,4,10-13H2,1-3H3,(H,23,26)/p+1. The van der Waals surface area contributed by atoms with Crippen molar-refractivity contribution < 1.29 is 22.5 Å². The molecular formula is C21H27FN3O3S+. The summed E-state index contributed by atoms with van der Waals surface area (Å²) in [5.74, 6) is -1.43. The van der Waals surface area contributed by atoms with Crippen molar-refractivity contribution in [3.8, 4) is 0 Å². The first-order valence-corrected chi connectivity index (χ1v) is 11.2. The summed E-state index contributed by atoms with van der Waals surface area (Å²) in [5.41, 5.74) is 2.15. The first-order valence-electron chi connectivity index (χ1n) is 9.75. The zero-order valence-electron chi connectivity index (χ0n) is 17.0. The van der Waals surface area contributed by atoms with Crippen LogP contribution in [-0.2, 0) is 10.0 Å². The predicted molar refractivity (Wildman–Crippen MR) is 110 cm³/mol. The van der Waals surface area contributed by atoms with Crippen molar-refractivity contribution in [2.24, 2.45) is 0 Å². The Labute approximate surface area is 171 Å². The normalized spacial score (nSPS) is 16.0. The van der Waals surface area contributed by atoms with Crippen LogP contribution in [0.4, 0.5) is 10.1 Å². The molecule has 1 aliphatic heterocycles. The average molecular weight is 421 g/mol. The van der Waals surface area contributed by atoms with Gasteiger partial charge in [0.25, 0.3) is 5.91 Å². The second-order valence-corrected chi connectivity index (χ2v) is 9.29. The predicted octanol–water partition coefficient (Wildman–Crippen LogP) is 1.60. The Balaban J connectivity index is 1.86. The van der Waals surface area contributed by atoms with Gasteiger partial charge in [0.15, 0.2) is 0 Å². The first-order chi connectivity index (χ1) is 13.7. The van der Waals surface area contributed by atoms with Crippen molar-refractivity contribution in [3.05, 3.63) is 58.9 Å². The zero-order chi connectivity index (χ0) is 21.2. The fraction of sp³-hybridized carbons (Fsp3) is 0.381. The second kappa shape index (κ2) is 8.61. The van der Waals surface area contributed by atoms with Crippen LogP contribution in [0.3, 0.4) is 0 Å². The molecule has 8 heteroatoms. The minimum Gasteiger partial charge on any atom is -0.333 e. The molecule has 0 radical (unpaired) electrons. The van der Waals surface area contributed by atoms with E-state index in [2.05, 4.69) is 12.2 Å². The molecule has 6 nitrogen and oxygen atoms in total. The van der Waals surface area contributed by atoms with Gasteiger partial charge in [-0.1, -0.05) is 12.1 Å². The number of anilines is 1. The number of benzene rings is 2. The number of nitrogens with zero attached hydrogens (tertiary/aromatic N) is 1. The maximum atomic E-state index is 14.4. The van der Waals surface area contributed by atoms with Gasteiger partial charge in [-0.15, -0.1) is 0 Å². The van der Waals surface area contributed by atoms with Gasteiger partial charge in [-0.3, -0.25) is 4.79 Å². The Morgan fingerprint density at radius 2 is 1.86 bits per heavy atom. The summed E-state index contributed by atoms with van der Waals surface area (Å²) < 4.78 is 41.7. The number of piperazine rings is 1. The lowest BCUT2D eigenvalue weighted by Gasteiger charge is -2.30. The van der Waals surface area contributed by atoms with Gasteiger partial charge < -0.3 is 10.2 Å². The highest BCUT2D eigenvalue weighted by atomic mass is 32.2. The molecule has 156 valence electrons. The van der Waals surface area contributed by atoms with Crippen molar-refractivity contribution in [3.63, 3.8) is 0 Å². The van der Waals surface area contributed by atoms with Gasteiger partial charge >= 0.3 is 0 Å². The lowest BCUT2D eigenvalue weighted by atomic mass is 10.1. The van der Waals surface area contributed by atoms with Gasteiger partial charge in [0.05, 0.1) is 43.2 Å². The number of nitrogens with one attached hydrogen (secondary N) is 2. The van der Waals surface area contributed by atoms with E-state index in [-0.39, 0.29) is 10.5 Å². The Kier molecular flexibility index (Phi) is 6.36. The Morgan fingerprint density at radius 3 is 2.52 bits per heavy atom. The van der Waals surface area contributed by atoms with Crippen LogP contribution < -0.4 is 10.2 Å². The highest BCUT2D eigenvalue weighted by Gasteiger charge is 2.31. The van der Waals surface area contributed by atoms with Crippen LogP contribution in [-0.4, -0.2) is 51.4 Å². The largest absolute Gasteiger partial charge is 0.333 e. The maximum Gasteiger partial charge on any atom is 0.258 e. The fourth-order valence-corrected chi connectivity index (χ4v) is 4.93. The average Bonchev–Trinajstić information content (AvgIpc) is 2.71. The van der Waals surface area contributed by atoms with Crippen LogP contribution in [0, 0.1) is 19.7 Å². The molecule has 2 aromatic rings. The van der Waals surface area contributed by atoms with Crippen LogP contribution in [0.1, 0.15) is 28.4 Å². The molecule has 0 spiro atoms. The zero-order valence-corrected chi connectivity index (χ0v) is 17.8. The van der Waals surface area contributed by atoms with Gasteiger partial charge in [-0.2, -0.15) is 4.31 Å². The number of halogens is 1. The van der Waals surface area contributed by atoms with Crippen LogP contribution in [0.5, 0.6) is 0 Å². The SMILES string of the molecule is CC[NH+]1CCN(S(=O)(=O)c2ccc(F)c(C(=O)Nc3cccc(C)c3C)c2)CC1. The third-order valence-electron chi connectivity index (χ3n) is 5.60. The number of rotatable bonds is 5. The van der Waals surface area contributed by atoms with Crippen molar-refractivity contribution in [1.29, 1.82) is 0 Å². The van der Waals surface area contributed by atoms with Gasteiger partial charge in [0.2, 0.25) is 10.0 Å². The molecule has 1 amide bonds. The van der Waals surface area contributed by atoms with Crippen LogP contribution in [0.2, 0.25) is 0 Å². The van der Waals surface area contributed by atoms with Gasteiger partial charge in [0.1, 0.15) is 5.82 Å². The van der Waals surface area contributed by atoms with Crippen molar-refractivity contribution in [2.75, 3.05) is 38.0 Å². The quantitative estimate of drug-likeness (QED) is 0.772. The summed E-state index contributed by atoms with van der Waals surface area (Å²) >= 11 is 0. The monoisotopic (exact) mass is 420 g/mol. The number of likely N-dealkylation sites (N-methyl/N-ethyl adjacent to an activating group) is 1. The number of quaternary nitrogens is 1. The fourth-order valence-electron chi connectivity index (χ4n) is 3.46. The molecule has 1 saturated heterocycles.